The molecule has 0 aromatic carbocycles. The molecule has 1 aromatic rings. The number of aromatic nitrogens is 2. The molecule has 1 aliphatic carbocycles. The van der Waals surface area contributed by atoms with E-state index in [9.17, 15) is 0 Å². The summed E-state index contributed by atoms with van der Waals surface area (Å²) in [5, 5.41) is 4.54. The fourth-order valence-electron chi connectivity index (χ4n) is 1.98. The first-order valence-corrected chi connectivity index (χ1v) is 4.83. The summed E-state index contributed by atoms with van der Waals surface area (Å²) in [6.07, 6.45) is 5.34. The molecule has 0 amide bonds. The normalized spacial score (nSPS) is 29.5. The second-order valence-electron chi connectivity index (χ2n) is 3.49. The minimum absolute atomic E-state index is 0.380. The lowest BCUT2D eigenvalue weighted by atomic mass is 10.0. The first kappa shape index (κ1) is 8.11. The van der Waals surface area contributed by atoms with Crippen LogP contribution < -0.4 is 0 Å². The molecule has 0 spiro atoms. The maximum Gasteiger partial charge on any atom is 0.0492 e. The van der Waals surface area contributed by atoms with Crippen molar-refractivity contribution in [1.82, 2.24) is 9.78 Å². The van der Waals surface area contributed by atoms with E-state index in [1.807, 2.05) is 17.9 Å². The Morgan fingerprint density at radius 1 is 1.58 bits per heavy atom. The van der Waals surface area contributed by atoms with Gasteiger partial charge in [0.25, 0.3) is 0 Å². The molecule has 12 heavy (non-hydrogen) atoms. The Labute approximate surface area is 77.5 Å². The van der Waals surface area contributed by atoms with Gasteiger partial charge in [0.15, 0.2) is 0 Å². The van der Waals surface area contributed by atoms with Crippen LogP contribution in [0.15, 0.2) is 12.3 Å². The van der Waals surface area contributed by atoms with Gasteiger partial charge in [-0.05, 0) is 25.3 Å². The molecular formula is C9H13ClN2. The molecule has 2 atom stereocenters. The van der Waals surface area contributed by atoms with Gasteiger partial charge in [0.2, 0.25) is 0 Å². The highest BCUT2D eigenvalue weighted by Gasteiger charge is 2.25. The van der Waals surface area contributed by atoms with E-state index < -0.39 is 0 Å². The van der Waals surface area contributed by atoms with Crippen molar-refractivity contribution >= 4 is 11.6 Å². The van der Waals surface area contributed by atoms with Crippen molar-refractivity contribution in [2.24, 2.45) is 7.05 Å². The van der Waals surface area contributed by atoms with E-state index >= 15 is 0 Å². The molecule has 0 aliphatic heterocycles. The molecule has 66 valence electrons. The van der Waals surface area contributed by atoms with Crippen LogP contribution in [0.25, 0.3) is 0 Å². The Morgan fingerprint density at radius 3 is 2.92 bits per heavy atom. The van der Waals surface area contributed by atoms with Gasteiger partial charge < -0.3 is 0 Å². The molecule has 0 radical (unpaired) electrons. The molecule has 2 nitrogen and oxygen atoms in total. The van der Waals surface area contributed by atoms with E-state index in [4.69, 9.17) is 11.6 Å². The fourth-order valence-corrected chi connectivity index (χ4v) is 2.32. The third kappa shape index (κ3) is 1.36. The van der Waals surface area contributed by atoms with Crippen molar-refractivity contribution in [3.8, 4) is 0 Å². The third-order valence-corrected chi connectivity index (χ3v) is 3.04. The van der Waals surface area contributed by atoms with Crippen molar-refractivity contribution in [2.45, 2.75) is 30.6 Å². The second kappa shape index (κ2) is 3.09. The zero-order chi connectivity index (χ0) is 8.55. The Morgan fingerprint density at radius 2 is 2.42 bits per heavy atom. The zero-order valence-corrected chi connectivity index (χ0v) is 7.96. The smallest absolute Gasteiger partial charge is 0.0492 e. The van der Waals surface area contributed by atoms with Crippen LogP contribution >= 0.6 is 11.6 Å². The summed E-state index contributed by atoms with van der Waals surface area (Å²) < 4.78 is 1.96. The topological polar surface area (TPSA) is 17.8 Å². The van der Waals surface area contributed by atoms with Crippen molar-refractivity contribution in [2.75, 3.05) is 0 Å². The number of alkyl halides is 1. The van der Waals surface area contributed by atoms with Gasteiger partial charge in [-0.25, -0.2) is 0 Å². The fraction of sp³-hybridized carbons (Fsp3) is 0.667. The van der Waals surface area contributed by atoms with Crippen molar-refractivity contribution in [1.29, 1.82) is 0 Å². The Hall–Kier alpha value is -0.500. The van der Waals surface area contributed by atoms with Crippen LogP contribution in [0.4, 0.5) is 0 Å². The number of hydrogen-bond donors (Lipinski definition) is 0. The predicted molar refractivity (Wildman–Crippen MR) is 49.4 cm³/mol. The summed E-state index contributed by atoms with van der Waals surface area (Å²) in [5.74, 6) is 0.639. The number of rotatable bonds is 1. The molecule has 1 heterocycles. The highest BCUT2D eigenvalue weighted by molar-refractivity contribution is 6.20. The average molecular weight is 185 g/mol. The summed E-state index contributed by atoms with van der Waals surface area (Å²) >= 11 is 6.05. The second-order valence-corrected chi connectivity index (χ2v) is 4.10. The number of halogens is 1. The minimum Gasteiger partial charge on any atom is -0.272 e. The first-order valence-electron chi connectivity index (χ1n) is 4.39. The van der Waals surface area contributed by atoms with Crippen LogP contribution in [0.5, 0.6) is 0 Å². The van der Waals surface area contributed by atoms with Crippen LogP contribution in [0, 0.1) is 0 Å². The SMILES string of the molecule is Cn1nccc1C1CCC(Cl)C1. The Balaban J connectivity index is 2.16. The van der Waals surface area contributed by atoms with Crippen LogP contribution in [-0.4, -0.2) is 15.2 Å². The van der Waals surface area contributed by atoms with E-state index in [-0.39, 0.29) is 0 Å². The largest absolute Gasteiger partial charge is 0.272 e. The molecular weight excluding hydrogens is 172 g/mol. The standard InChI is InChI=1S/C9H13ClN2/c1-12-9(4-5-11-12)7-2-3-8(10)6-7/h4-5,7-8H,2-3,6H2,1H3. The van der Waals surface area contributed by atoms with Gasteiger partial charge in [-0.1, -0.05) is 0 Å². The van der Waals surface area contributed by atoms with Gasteiger partial charge in [0, 0.05) is 30.2 Å². The average Bonchev–Trinajstić information content (AvgIpc) is 2.58. The maximum atomic E-state index is 6.05. The van der Waals surface area contributed by atoms with E-state index in [0.717, 1.165) is 12.8 Å². The van der Waals surface area contributed by atoms with Crippen LogP contribution in [0.3, 0.4) is 0 Å². The van der Waals surface area contributed by atoms with E-state index in [2.05, 4.69) is 11.2 Å². The quantitative estimate of drug-likeness (QED) is 0.613. The van der Waals surface area contributed by atoms with Gasteiger partial charge in [0.05, 0.1) is 0 Å². The van der Waals surface area contributed by atoms with E-state index in [1.54, 1.807) is 0 Å². The molecule has 0 saturated heterocycles. The van der Waals surface area contributed by atoms with Gasteiger partial charge in [-0.15, -0.1) is 11.6 Å². The summed E-state index contributed by atoms with van der Waals surface area (Å²) in [6, 6.07) is 2.10. The van der Waals surface area contributed by atoms with Crippen molar-refractivity contribution in [3.05, 3.63) is 18.0 Å². The lowest BCUT2D eigenvalue weighted by molar-refractivity contribution is 0.617. The molecule has 2 unspecified atom stereocenters. The van der Waals surface area contributed by atoms with Gasteiger partial charge in [-0.2, -0.15) is 5.10 Å². The number of nitrogens with zero attached hydrogens (tertiary/aromatic N) is 2. The monoisotopic (exact) mass is 184 g/mol. The summed E-state index contributed by atoms with van der Waals surface area (Å²) in [5.41, 5.74) is 1.33. The Bertz CT molecular complexity index is 269. The van der Waals surface area contributed by atoms with Gasteiger partial charge in [0.1, 0.15) is 0 Å². The Kier molecular flexibility index (Phi) is 2.09. The van der Waals surface area contributed by atoms with Gasteiger partial charge in [-0.3, -0.25) is 4.68 Å². The van der Waals surface area contributed by atoms with E-state index in [0.29, 0.717) is 11.3 Å². The zero-order valence-electron chi connectivity index (χ0n) is 7.20. The number of aryl methyl sites for hydroxylation is 1. The van der Waals surface area contributed by atoms with Crippen LogP contribution in [0.2, 0.25) is 0 Å². The minimum atomic E-state index is 0.380. The molecule has 1 fully saturated rings. The first-order chi connectivity index (χ1) is 5.77. The molecule has 1 saturated carbocycles. The lowest BCUT2D eigenvalue weighted by Gasteiger charge is -2.08. The van der Waals surface area contributed by atoms with Crippen molar-refractivity contribution in [3.63, 3.8) is 0 Å². The molecule has 0 N–H and O–H groups in total. The third-order valence-electron chi connectivity index (χ3n) is 2.65. The highest BCUT2D eigenvalue weighted by atomic mass is 35.5. The van der Waals surface area contributed by atoms with Crippen LogP contribution in [-0.2, 0) is 7.05 Å². The molecule has 2 rings (SSSR count). The highest BCUT2D eigenvalue weighted by Crippen LogP contribution is 2.36. The van der Waals surface area contributed by atoms with Crippen molar-refractivity contribution < 1.29 is 0 Å². The molecule has 3 heteroatoms. The molecule has 1 aliphatic rings. The summed E-state index contributed by atoms with van der Waals surface area (Å²) in [4.78, 5) is 0. The van der Waals surface area contributed by atoms with E-state index in [1.165, 1.54) is 12.1 Å². The maximum absolute atomic E-state index is 6.05. The van der Waals surface area contributed by atoms with Gasteiger partial charge >= 0.3 is 0 Å². The van der Waals surface area contributed by atoms with Crippen LogP contribution in [0.1, 0.15) is 30.9 Å². The summed E-state index contributed by atoms with van der Waals surface area (Å²) in [6.45, 7) is 0. The predicted octanol–water partition coefficient (Wildman–Crippen LogP) is 2.29. The molecule has 0 bridgehead atoms. The summed E-state index contributed by atoms with van der Waals surface area (Å²) in [7, 11) is 2.00. The lowest BCUT2D eigenvalue weighted by Crippen LogP contribution is -2.02. The molecule has 1 aromatic heterocycles. The number of hydrogen-bond acceptors (Lipinski definition) is 1.